The third-order valence-corrected chi connectivity index (χ3v) is 6.84. The summed E-state index contributed by atoms with van der Waals surface area (Å²) in [4.78, 5) is 14.6. The van der Waals surface area contributed by atoms with E-state index >= 15 is 0 Å². The van der Waals surface area contributed by atoms with Crippen molar-refractivity contribution in [3.8, 4) is 0 Å². The molecular weight excluding hydrogens is 467 g/mol. The number of benzene rings is 1. The first-order chi connectivity index (χ1) is 16.4. The lowest BCUT2D eigenvalue weighted by molar-refractivity contribution is 0.101. The van der Waals surface area contributed by atoms with Crippen LogP contribution >= 0.6 is 23.2 Å². The number of allylic oxidation sites excluding steroid dienone is 5. The maximum absolute atomic E-state index is 12.1. The van der Waals surface area contributed by atoms with E-state index in [0.717, 1.165) is 72.9 Å². The van der Waals surface area contributed by atoms with E-state index in [1.54, 1.807) is 6.92 Å². The number of likely N-dealkylation sites (tertiary alicyclic amines) is 1. The zero-order valence-electron chi connectivity index (χ0n) is 20.5. The van der Waals surface area contributed by atoms with Crippen LogP contribution in [0, 0.1) is 5.92 Å². The summed E-state index contributed by atoms with van der Waals surface area (Å²) in [5.74, 6) is 1.64. The Balaban J connectivity index is 1.43. The van der Waals surface area contributed by atoms with Crippen molar-refractivity contribution in [3.63, 3.8) is 0 Å². The van der Waals surface area contributed by atoms with Crippen molar-refractivity contribution in [3.05, 3.63) is 70.1 Å². The fourth-order valence-corrected chi connectivity index (χ4v) is 4.94. The molecule has 3 rings (SSSR count). The summed E-state index contributed by atoms with van der Waals surface area (Å²) in [5.41, 5.74) is 1.72. The van der Waals surface area contributed by atoms with Crippen molar-refractivity contribution in [1.29, 1.82) is 0 Å². The molecule has 1 aliphatic rings. The summed E-state index contributed by atoms with van der Waals surface area (Å²) in [6.07, 6.45) is 14.2. The summed E-state index contributed by atoms with van der Waals surface area (Å²) in [5, 5.41) is 2.39. The summed E-state index contributed by atoms with van der Waals surface area (Å²) >= 11 is 12.4. The van der Waals surface area contributed by atoms with Crippen LogP contribution in [0.5, 0.6) is 0 Å². The Hall–Kier alpha value is -2.01. The minimum absolute atomic E-state index is 0.0797. The van der Waals surface area contributed by atoms with E-state index in [1.165, 1.54) is 12.8 Å². The average molecular weight is 504 g/mol. The molecule has 184 valence electrons. The Morgan fingerprint density at radius 2 is 1.94 bits per heavy atom. The molecule has 6 heteroatoms. The van der Waals surface area contributed by atoms with Gasteiger partial charge in [-0.05, 0) is 96.3 Å². The van der Waals surface area contributed by atoms with Crippen molar-refractivity contribution < 1.29 is 9.53 Å². The second-order valence-corrected chi connectivity index (χ2v) is 10.0. The smallest absolute Gasteiger partial charge is 0.161 e. The normalized spacial score (nSPS) is 16.6. The monoisotopic (exact) mass is 502 g/mol. The zero-order valence-corrected chi connectivity index (χ0v) is 22.0. The summed E-state index contributed by atoms with van der Waals surface area (Å²) in [7, 11) is 0. The molecule has 0 unspecified atom stereocenters. The lowest BCUT2D eigenvalue weighted by Crippen LogP contribution is -2.35. The summed E-state index contributed by atoms with van der Waals surface area (Å²) in [6, 6.07) is 5.79. The first kappa shape index (κ1) is 26.6. The van der Waals surface area contributed by atoms with E-state index in [0.29, 0.717) is 10.9 Å². The maximum Gasteiger partial charge on any atom is 0.161 e. The first-order valence-electron chi connectivity index (χ1n) is 12.2. The van der Waals surface area contributed by atoms with Crippen LogP contribution in [0.15, 0.2) is 59.5 Å². The Bertz CT molecular complexity index is 1060. The van der Waals surface area contributed by atoms with Gasteiger partial charge in [-0.15, -0.1) is 0 Å². The lowest BCUT2D eigenvalue weighted by Gasteiger charge is -2.32. The number of carbonyl (C=O) groups excluding carboxylic acids is 1. The zero-order chi connectivity index (χ0) is 24.5. The molecule has 0 N–H and O–H groups in total. The average Bonchev–Trinajstić information content (AvgIpc) is 3.19. The minimum Gasteiger partial charge on any atom is -0.494 e. The second-order valence-electron chi connectivity index (χ2n) is 9.03. The molecule has 0 bridgehead atoms. The highest BCUT2D eigenvalue weighted by atomic mass is 35.5. The number of ether oxygens (including phenoxy) is 1. The lowest BCUT2D eigenvalue weighted by atomic mass is 9.94. The highest BCUT2D eigenvalue weighted by molar-refractivity contribution is 6.35. The number of rotatable bonds is 11. The van der Waals surface area contributed by atoms with E-state index in [2.05, 4.69) is 9.47 Å². The Morgan fingerprint density at radius 1 is 1.18 bits per heavy atom. The van der Waals surface area contributed by atoms with Gasteiger partial charge in [-0.3, -0.25) is 4.79 Å². The molecule has 2 heterocycles. The topological polar surface area (TPSA) is 34.5 Å². The molecule has 4 nitrogen and oxygen atoms in total. The maximum atomic E-state index is 12.1. The predicted octanol–water partition coefficient (Wildman–Crippen LogP) is 7.61. The molecule has 1 saturated heterocycles. The van der Waals surface area contributed by atoms with Crippen LogP contribution in [0.2, 0.25) is 5.02 Å². The molecule has 0 saturated carbocycles. The number of ketones is 1. The molecule has 0 spiro atoms. The van der Waals surface area contributed by atoms with Gasteiger partial charge in [0.2, 0.25) is 0 Å². The number of fused-ring (bicyclic) bond motifs is 1. The van der Waals surface area contributed by atoms with Crippen LogP contribution in [-0.4, -0.2) is 41.5 Å². The number of nitrogens with zero attached hydrogens (tertiary/aromatic N) is 2. The van der Waals surface area contributed by atoms with Crippen LogP contribution < -0.4 is 0 Å². The molecule has 0 radical (unpaired) electrons. The quantitative estimate of drug-likeness (QED) is 0.180. The van der Waals surface area contributed by atoms with Crippen LogP contribution in [0.4, 0.5) is 0 Å². The fourth-order valence-electron chi connectivity index (χ4n) is 4.59. The highest BCUT2D eigenvalue weighted by Gasteiger charge is 2.19. The van der Waals surface area contributed by atoms with Crippen molar-refractivity contribution in [2.45, 2.75) is 53.0 Å². The van der Waals surface area contributed by atoms with E-state index in [4.69, 9.17) is 27.9 Å². The van der Waals surface area contributed by atoms with Crippen LogP contribution in [0.25, 0.3) is 10.9 Å². The molecule has 1 fully saturated rings. The molecular formula is C28H36Cl2N2O2. The number of para-hydroxylation sites is 1. The number of hydrogen-bond acceptors (Lipinski definition) is 3. The minimum atomic E-state index is 0.0797. The van der Waals surface area contributed by atoms with Gasteiger partial charge in [-0.25, -0.2) is 0 Å². The Labute approximate surface area is 213 Å². The van der Waals surface area contributed by atoms with Crippen molar-refractivity contribution in [1.82, 2.24) is 9.47 Å². The number of hydrogen-bond donors (Lipinski definition) is 0. The Morgan fingerprint density at radius 3 is 2.62 bits per heavy atom. The third kappa shape index (κ3) is 7.49. The van der Waals surface area contributed by atoms with E-state index in [1.807, 2.05) is 62.5 Å². The van der Waals surface area contributed by atoms with Gasteiger partial charge in [0.25, 0.3) is 0 Å². The largest absolute Gasteiger partial charge is 0.494 e. The standard InChI is InChI=1S/C28H36Cl2N2O2/c1-4-7-24(11-10-21(2)29)34-19-14-23-12-17-31(18-13-23)15-6-16-32-20-26(22(3)33)25-8-5-9-27(30)28(25)32/h4-5,7-11,20,23H,6,12-19H2,1-3H3/b7-4-,21-10+,24-11+. The van der Waals surface area contributed by atoms with Gasteiger partial charge in [-0.2, -0.15) is 0 Å². The molecule has 1 aliphatic heterocycles. The number of halogens is 2. The van der Waals surface area contributed by atoms with Gasteiger partial charge in [0, 0.05) is 28.7 Å². The van der Waals surface area contributed by atoms with E-state index in [9.17, 15) is 4.79 Å². The molecule has 0 amide bonds. The molecule has 34 heavy (non-hydrogen) atoms. The summed E-state index contributed by atoms with van der Waals surface area (Å²) in [6.45, 7) is 10.4. The predicted molar refractivity (Wildman–Crippen MR) is 144 cm³/mol. The summed E-state index contributed by atoms with van der Waals surface area (Å²) < 4.78 is 8.11. The van der Waals surface area contributed by atoms with E-state index in [-0.39, 0.29) is 5.78 Å². The van der Waals surface area contributed by atoms with Crippen LogP contribution in [0.3, 0.4) is 0 Å². The molecule has 0 aliphatic carbocycles. The molecule has 1 aromatic heterocycles. The van der Waals surface area contributed by atoms with Crippen molar-refractivity contribution in [2.24, 2.45) is 5.92 Å². The van der Waals surface area contributed by atoms with Crippen LogP contribution in [0.1, 0.15) is 56.8 Å². The third-order valence-electron chi connectivity index (χ3n) is 6.41. The van der Waals surface area contributed by atoms with Gasteiger partial charge >= 0.3 is 0 Å². The second kappa shape index (κ2) is 13.2. The number of piperidine rings is 1. The van der Waals surface area contributed by atoms with E-state index < -0.39 is 0 Å². The van der Waals surface area contributed by atoms with Crippen LogP contribution in [-0.2, 0) is 11.3 Å². The van der Waals surface area contributed by atoms with Gasteiger partial charge in [0.15, 0.2) is 5.78 Å². The highest BCUT2D eigenvalue weighted by Crippen LogP contribution is 2.29. The molecule has 0 atom stereocenters. The number of aryl methyl sites for hydroxylation is 1. The van der Waals surface area contributed by atoms with Gasteiger partial charge in [0.05, 0.1) is 17.1 Å². The Kier molecular flexibility index (Phi) is 10.3. The molecule has 2 aromatic rings. The number of aromatic nitrogens is 1. The van der Waals surface area contributed by atoms with Crippen molar-refractivity contribution in [2.75, 3.05) is 26.2 Å². The number of carbonyl (C=O) groups is 1. The van der Waals surface area contributed by atoms with Crippen molar-refractivity contribution >= 4 is 39.9 Å². The first-order valence-corrected chi connectivity index (χ1v) is 12.9. The SMILES string of the molecule is C\C=C/C(=C\C=C(/C)Cl)OCCC1CCN(CCCn2cc(C(C)=O)c3cccc(Cl)c32)CC1. The fraction of sp³-hybridized carbons (Fsp3) is 0.464. The number of Topliss-reactive ketones (excluding diaryl/α,β-unsaturated/α-hetero) is 1. The molecule has 1 aromatic carbocycles. The van der Waals surface area contributed by atoms with Gasteiger partial charge in [-0.1, -0.05) is 41.4 Å². The van der Waals surface area contributed by atoms with Gasteiger partial charge in [0.1, 0.15) is 5.76 Å². The van der Waals surface area contributed by atoms with Gasteiger partial charge < -0.3 is 14.2 Å².